The maximum absolute atomic E-state index is 12.8. The molecule has 3 amide bonds. The molecule has 5 N–H and O–H groups in total. The highest BCUT2D eigenvalue weighted by Crippen LogP contribution is 2.23. The summed E-state index contributed by atoms with van der Waals surface area (Å²) >= 11 is 5.86. The van der Waals surface area contributed by atoms with Crippen molar-refractivity contribution >= 4 is 46.4 Å². The van der Waals surface area contributed by atoms with Crippen LogP contribution in [0.15, 0.2) is 84.1 Å². The second kappa shape index (κ2) is 11.4. The molecule has 1 atom stereocenters. The van der Waals surface area contributed by atoms with E-state index in [2.05, 4.69) is 15.8 Å². The standard InChI is InChI=1S/C27H24ClN5O4/c28-21-13-18(10-11-24(21)34)27(37)32-30-14-19-15-33(23-9-5-4-8-20(19)23)16-25(35)31-22(26(29)36)12-17-6-2-1-3-7-17/h1-11,13-15,22,34H,12,16H2,(H2,29,36)(H,31,35)(H,32,37)/b30-14+. The number of benzene rings is 3. The first kappa shape index (κ1) is 25.5. The number of nitrogens with one attached hydrogen (secondary N) is 2. The van der Waals surface area contributed by atoms with Crippen LogP contribution in [0.2, 0.25) is 5.02 Å². The number of aromatic hydroxyl groups is 1. The fourth-order valence-corrected chi connectivity index (χ4v) is 4.03. The molecule has 4 rings (SSSR count). The highest BCUT2D eigenvalue weighted by molar-refractivity contribution is 6.32. The fraction of sp³-hybridized carbons (Fsp3) is 0.111. The van der Waals surface area contributed by atoms with Crippen molar-refractivity contribution in [2.75, 3.05) is 0 Å². The molecule has 37 heavy (non-hydrogen) atoms. The van der Waals surface area contributed by atoms with Gasteiger partial charge < -0.3 is 20.7 Å². The van der Waals surface area contributed by atoms with Gasteiger partial charge in [-0.15, -0.1) is 0 Å². The van der Waals surface area contributed by atoms with E-state index in [-0.39, 0.29) is 35.2 Å². The van der Waals surface area contributed by atoms with Gasteiger partial charge in [-0.2, -0.15) is 5.10 Å². The van der Waals surface area contributed by atoms with Crippen molar-refractivity contribution in [3.05, 3.63) is 101 Å². The zero-order valence-electron chi connectivity index (χ0n) is 19.6. The Labute approximate surface area is 217 Å². The van der Waals surface area contributed by atoms with E-state index in [9.17, 15) is 19.5 Å². The van der Waals surface area contributed by atoms with Crippen LogP contribution in [0.4, 0.5) is 0 Å². The molecule has 0 radical (unpaired) electrons. The van der Waals surface area contributed by atoms with Crippen LogP contribution in [-0.2, 0) is 22.6 Å². The Morgan fingerprint density at radius 1 is 1.05 bits per heavy atom. The summed E-state index contributed by atoms with van der Waals surface area (Å²) in [6.45, 7) is -0.0503. The molecule has 0 aliphatic carbocycles. The number of nitrogens with zero attached hydrogens (tertiary/aromatic N) is 2. The molecular formula is C27H24ClN5O4. The number of carbonyl (C=O) groups excluding carboxylic acids is 3. The fourth-order valence-electron chi connectivity index (χ4n) is 3.85. The SMILES string of the molecule is NC(=O)C(Cc1ccccc1)NC(=O)Cn1cc(/C=N/NC(=O)c2ccc(O)c(Cl)c2)c2ccccc21. The van der Waals surface area contributed by atoms with E-state index in [0.29, 0.717) is 5.56 Å². The Morgan fingerprint density at radius 2 is 1.78 bits per heavy atom. The number of halogens is 1. The molecule has 10 heteroatoms. The predicted octanol–water partition coefficient (Wildman–Crippen LogP) is 2.98. The first-order valence-corrected chi connectivity index (χ1v) is 11.7. The molecular weight excluding hydrogens is 494 g/mol. The lowest BCUT2D eigenvalue weighted by Crippen LogP contribution is -2.46. The van der Waals surface area contributed by atoms with Crippen molar-refractivity contribution in [1.82, 2.24) is 15.3 Å². The van der Waals surface area contributed by atoms with Crippen LogP contribution in [0.25, 0.3) is 10.9 Å². The third-order valence-electron chi connectivity index (χ3n) is 5.67. The Morgan fingerprint density at radius 3 is 2.51 bits per heavy atom. The van der Waals surface area contributed by atoms with Crippen LogP contribution in [0.1, 0.15) is 21.5 Å². The summed E-state index contributed by atoms with van der Waals surface area (Å²) in [6.07, 6.45) is 3.49. The number of phenolic OH excluding ortho intramolecular Hbond substituents is 1. The lowest BCUT2D eigenvalue weighted by Gasteiger charge is -2.16. The van der Waals surface area contributed by atoms with E-state index < -0.39 is 17.9 Å². The summed E-state index contributed by atoms with van der Waals surface area (Å²) in [7, 11) is 0. The summed E-state index contributed by atoms with van der Waals surface area (Å²) in [4.78, 5) is 37.1. The maximum atomic E-state index is 12.8. The normalized spacial score (nSPS) is 11.9. The minimum atomic E-state index is -0.846. The smallest absolute Gasteiger partial charge is 0.271 e. The predicted molar refractivity (Wildman–Crippen MR) is 141 cm³/mol. The van der Waals surface area contributed by atoms with Crippen molar-refractivity contribution in [3.8, 4) is 5.75 Å². The van der Waals surface area contributed by atoms with Crippen molar-refractivity contribution in [2.24, 2.45) is 10.8 Å². The van der Waals surface area contributed by atoms with E-state index in [4.69, 9.17) is 17.3 Å². The molecule has 1 unspecified atom stereocenters. The molecule has 0 saturated carbocycles. The van der Waals surface area contributed by atoms with E-state index in [0.717, 1.165) is 16.5 Å². The first-order chi connectivity index (χ1) is 17.8. The molecule has 0 saturated heterocycles. The molecule has 1 aromatic heterocycles. The van der Waals surface area contributed by atoms with Gasteiger partial charge >= 0.3 is 0 Å². The first-order valence-electron chi connectivity index (χ1n) is 11.3. The van der Waals surface area contributed by atoms with Crippen LogP contribution in [-0.4, -0.2) is 39.7 Å². The van der Waals surface area contributed by atoms with Crippen LogP contribution >= 0.6 is 11.6 Å². The molecule has 0 fully saturated rings. The van der Waals surface area contributed by atoms with Gasteiger partial charge in [0.15, 0.2) is 0 Å². The number of rotatable bonds is 9. The summed E-state index contributed by atoms with van der Waals surface area (Å²) < 4.78 is 1.73. The highest BCUT2D eigenvalue weighted by Gasteiger charge is 2.19. The van der Waals surface area contributed by atoms with Crippen molar-refractivity contribution in [1.29, 1.82) is 0 Å². The third-order valence-corrected chi connectivity index (χ3v) is 5.98. The van der Waals surface area contributed by atoms with Gasteiger partial charge in [0.25, 0.3) is 5.91 Å². The number of aromatic nitrogens is 1. The number of hydrogen-bond donors (Lipinski definition) is 4. The zero-order valence-corrected chi connectivity index (χ0v) is 20.4. The zero-order chi connectivity index (χ0) is 26.4. The molecule has 9 nitrogen and oxygen atoms in total. The second-order valence-electron chi connectivity index (χ2n) is 8.31. The number of hydrazone groups is 1. The third kappa shape index (κ3) is 6.33. The largest absolute Gasteiger partial charge is 0.506 e. The van der Waals surface area contributed by atoms with Gasteiger partial charge in [0.2, 0.25) is 11.8 Å². The number of nitrogens with two attached hydrogens (primary N) is 1. The second-order valence-corrected chi connectivity index (χ2v) is 8.71. The van der Waals surface area contributed by atoms with E-state index in [1.165, 1.54) is 24.4 Å². The summed E-state index contributed by atoms with van der Waals surface area (Å²) in [6, 6.07) is 20.0. The number of para-hydroxylation sites is 1. The van der Waals surface area contributed by atoms with Gasteiger partial charge in [-0.1, -0.05) is 60.1 Å². The minimum absolute atomic E-state index is 0.0503. The Hall–Kier alpha value is -4.63. The Balaban J connectivity index is 1.47. The molecule has 4 aromatic rings. The van der Waals surface area contributed by atoms with Gasteiger partial charge in [-0.25, -0.2) is 5.43 Å². The molecule has 0 bridgehead atoms. The average molecular weight is 518 g/mol. The lowest BCUT2D eigenvalue weighted by atomic mass is 10.1. The monoisotopic (exact) mass is 517 g/mol. The van der Waals surface area contributed by atoms with Gasteiger partial charge in [0.1, 0.15) is 18.3 Å². The van der Waals surface area contributed by atoms with Crippen LogP contribution in [0.5, 0.6) is 5.75 Å². The minimum Gasteiger partial charge on any atom is -0.506 e. The summed E-state index contributed by atoms with van der Waals surface area (Å²) in [5, 5.41) is 17.1. The van der Waals surface area contributed by atoms with Crippen molar-refractivity contribution in [3.63, 3.8) is 0 Å². The number of carbonyl (C=O) groups is 3. The number of hydrogen-bond acceptors (Lipinski definition) is 5. The number of fused-ring (bicyclic) bond motifs is 1. The van der Waals surface area contributed by atoms with E-state index in [1.54, 1.807) is 10.8 Å². The maximum Gasteiger partial charge on any atom is 0.271 e. The van der Waals surface area contributed by atoms with Gasteiger partial charge in [-0.05, 0) is 29.8 Å². The van der Waals surface area contributed by atoms with E-state index in [1.807, 2.05) is 54.6 Å². The molecule has 188 valence electrons. The summed E-state index contributed by atoms with van der Waals surface area (Å²) in [5.41, 5.74) is 10.5. The van der Waals surface area contributed by atoms with Crippen molar-refractivity contribution < 1.29 is 19.5 Å². The van der Waals surface area contributed by atoms with E-state index >= 15 is 0 Å². The molecule has 0 aliphatic rings. The molecule has 0 aliphatic heterocycles. The Bertz CT molecular complexity index is 1480. The average Bonchev–Trinajstić information content (AvgIpc) is 3.23. The quantitative estimate of drug-likeness (QED) is 0.200. The van der Waals surface area contributed by atoms with Crippen LogP contribution in [0.3, 0.4) is 0 Å². The molecule has 1 heterocycles. The van der Waals surface area contributed by atoms with Crippen LogP contribution < -0.4 is 16.5 Å². The molecule has 3 aromatic carbocycles. The number of primary amides is 1. The van der Waals surface area contributed by atoms with Gasteiger partial charge in [0.05, 0.1) is 11.2 Å². The topological polar surface area (TPSA) is 139 Å². The number of amides is 3. The molecule has 0 spiro atoms. The lowest BCUT2D eigenvalue weighted by molar-refractivity contribution is -0.127. The van der Waals surface area contributed by atoms with Gasteiger partial charge in [-0.3, -0.25) is 14.4 Å². The van der Waals surface area contributed by atoms with Crippen molar-refractivity contribution in [2.45, 2.75) is 19.0 Å². The van der Waals surface area contributed by atoms with Gasteiger partial charge in [0, 0.05) is 34.6 Å². The summed E-state index contributed by atoms with van der Waals surface area (Å²) in [5.74, 6) is -1.62. The number of phenols is 1. The highest BCUT2D eigenvalue weighted by atomic mass is 35.5. The Kier molecular flexibility index (Phi) is 7.85. The van der Waals surface area contributed by atoms with Crippen LogP contribution in [0, 0.1) is 0 Å².